The number of hydrogen-bond acceptors (Lipinski definition) is 30. The zero-order valence-corrected chi connectivity index (χ0v) is 53.1. The van der Waals surface area contributed by atoms with Crippen molar-refractivity contribution in [3.63, 3.8) is 0 Å². The third-order valence-corrected chi connectivity index (χ3v) is 24.4. The van der Waals surface area contributed by atoms with Crippen molar-refractivity contribution in [2.75, 3.05) is 52.9 Å². The molecule has 0 aromatic rings. The van der Waals surface area contributed by atoms with Gasteiger partial charge in [0.15, 0.2) is 37.6 Å². The number of carbonyl (C=O) groups is 1. The largest absolute Gasteiger partial charge is 0.432 e. The molecule has 10 fully saturated rings. The van der Waals surface area contributed by atoms with Crippen LogP contribution in [0.1, 0.15) is 106 Å². The van der Waals surface area contributed by atoms with E-state index in [2.05, 4.69) is 40.7 Å². The van der Waals surface area contributed by atoms with E-state index in [4.69, 9.17) is 56.8 Å². The number of esters is 1. The summed E-state index contributed by atoms with van der Waals surface area (Å²) in [5.41, 5.74) is -7.24. The Kier molecular flexibility index (Phi) is 20.2. The van der Waals surface area contributed by atoms with Gasteiger partial charge in [0.25, 0.3) is 0 Å². The fourth-order valence-corrected chi connectivity index (χ4v) is 18.5. The first-order valence-electron chi connectivity index (χ1n) is 32.5. The minimum Gasteiger partial charge on any atom is -0.432 e. The van der Waals surface area contributed by atoms with E-state index >= 15 is 4.79 Å². The van der Waals surface area contributed by atoms with E-state index in [-0.39, 0.29) is 29.6 Å². The zero-order chi connectivity index (χ0) is 67.0. The monoisotopic (exact) mass is 1320 g/mol. The Hall–Kier alpha value is -1.91. The Bertz CT molecular complexity index is 2620. The molecule has 30 heteroatoms. The van der Waals surface area contributed by atoms with Crippen LogP contribution in [0.25, 0.3) is 0 Å². The predicted molar refractivity (Wildman–Crippen MR) is 305 cm³/mol. The lowest BCUT2D eigenvalue weighted by atomic mass is 9.33. The van der Waals surface area contributed by atoms with Gasteiger partial charge in [-0.25, -0.2) is 0 Å². The molecule has 92 heavy (non-hydrogen) atoms. The molecule has 30 nitrogen and oxygen atoms in total. The quantitative estimate of drug-likeness (QED) is 0.0391. The van der Waals surface area contributed by atoms with Crippen LogP contribution in [0.4, 0.5) is 0 Å². The fraction of sp³-hybridized carbons (Fsp3) is 0.952. The van der Waals surface area contributed by atoms with Crippen LogP contribution in [-0.2, 0) is 61.6 Å². The first-order valence-corrected chi connectivity index (χ1v) is 32.5. The topological polar surface area (TPSA) is 472 Å². The summed E-state index contributed by atoms with van der Waals surface area (Å²) in [6, 6.07) is 0. The van der Waals surface area contributed by atoms with E-state index in [1.54, 1.807) is 0 Å². The number of aliphatic hydroxyl groups is 17. The van der Waals surface area contributed by atoms with Gasteiger partial charge in [0.1, 0.15) is 96.7 Å². The Morgan fingerprint density at radius 2 is 1.12 bits per heavy atom. The van der Waals surface area contributed by atoms with Crippen LogP contribution in [0.3, 0.4) is 0 Å². The second kappa shape index (κ2) is 26.0. The molecule has 0 spiro atoms. The van der Waals surface area contributed by atoms with Gasteiger partial charge in [0, 0.05) is 5.41 Å². The van der Waals surface area contributed by atoms with Crippen molar-refractivity contribution in [1.82, 2.24) is 0 Å². The highest BCUT2D eigenvalue weighted by Crippen LogP contribution is 2.76. The van der Waals surface area contributed by atoms with Gasteiger partial charge in [-0.2, -0.15) is 0 Å². The van der Waals surface area contributed by atoms with Crippen molar-refractivity contribution >= 4 is 5.97 Å². The molecule has 17 N–H and O–H groups in total. The molecule has 528 valence electrons. The number of fused-ring (bicyclic) bond motifs is 7. The number of hydrogen-bond donors (Lipinski definition) is 17. The molecule has 0 aromatic carbocycles. The lowest BCUT2D eigenvalue weighted by Gasteiger charge is -2.72. The van der Waals surface area contributed by atoms with Gasteiger partial charge >= 0.3 is 5.97 Å². The molecule has 6 saturated heterocycles. The lowest BCUT2D eigenvalue weighted by Crippen LogP contribution is -2.69. The molecular formula is C62H100O30. The minimum absolute atomic E-state index is 0.0561. The number of carbonyl (C=O) groups excluding carboxylic acids is 1. The average molecular weight is 1330 g/mol. The Balaban J connectivity index is 0.831. The number of aliphatic hydroxyl groups excluding tert-OH is 15. The summed E-state index contributed by atoms with van der Waals surface area (Å²) < 4.78 is 71.8. The summed E-state index contributed by atoms with van der Waals surface area (Å²) >= 11 is 0. The summed E-state index contributed by atoms with van der Waals surface area (Å²) in [7, 11) is 0. The minimum atomic E-state index is -2.22. The highest BCUT2D eigenvalue weighted by Gasteiger charge is 2.72. The van der Waals surface area contributed by atoms with Crippen LogP contribution in [-0.4, -0.2) is 304 Å². The van der Waals surface area contributed by atoms with Crippen molar-refractivity contribution in [2.24, 2.45) is 50.2 Å². The Morgan fingerprint density at radius 3 is 1.74 bits per heavy atom. The van der Waals surface area contributed by atoms with Crippen molar-refractivity contribution in [2.45, 2.75) is 265 Å². The van der Waals surface area contributed by atoms with Gasteiger partial charge in [-0.05, 0) is 104 Å². The summed E-state index contributed by atoms with van der Waals surface area (Å²) in [5.74, 6) is -1.29. The van der Waals surface area contributed by atoms with Crippen LogP contribution < -0.4 is 0 Å². The van der Waals surface area contributed by atoms with Crippen molar-refractivity contribution in [3.8, 4) is 0 Å². The summed E-state index contributed by atoms with van der Waals surface area (Å²) in [6.45, 7) is 9.14. The normalized spacial score (nSPS) is 55.1. The van der Waals surface area contributed by atoms with Gasteiger partial charge in [0.2, 0.25) is 6.29 Å². The first kappa shape index (κ1) is 71.4. The molecule has 11 aliphatic rings. The maximum Gasteiger partial charge on any atom is 0.315 e. The molecule has 5 aliphatic carbocycles. The van der Waals surface area contributed by atoms with Gasteiger partial charge < -0.3 is 144 Å². The molecule has 6 aliphatic heterocycles. The standard InChI is InChI=1S/C62H100O30/c1-26-41(87-48-39(74)42(31(69)20-81-48)88-52-45(76)61(79,22-65)24-83-52)43(89-53-46(77)62(80,23-66)25-84-53)40(75)50(85-26)90-44-35(70)30(68)19-82-51(44)92-54(78)60-14-12-55(2,3)16-28(60)27-8-9-34-56(4)17-29(67)47(91-49-38(73)37(72)36(71)32(18-63)86-49)57(5,21-64)33(56)10-11-59(34,7)58(27,6)13-15-60/h8,26,28-53,63-77,79-80H,9-25H2,1-7H3/t26-,28-,29-,30-,31+,32+,33+,34+,35-,36+,37-,38+,39+,40+,41-,42-,43+,44-,45-,46-,47-,48-,49-,50-,51-,52-,53-,56-,57-,58+,59+,60-,61+,62+/m0/s1. The van der Waals surface area contributed by atoms with Crippen LogP contribution in [0, 0.1) is 50.2 Å². The van der Waals surface area contributed by atoms with Gasteiger partial charge in [-0.15, -0.1) is 0 Å². The summed E-state index contributed by atoms with van der Waals surface area (Å²) in [6.07, 6.45) is -32.7. The molecule has 0 radical (unpaired) electrons. The maximum atomic E-state index is 15.6. The van der Waals surface area contributed by atoms with E-state index in [0.717, 1.165) is 5.57 Å². The molecule has 0 aromatic heterocycles. The van der Waals surface area contributed by atoms with E-state index in [9.17, 15) is 86.8 Å². The van der Waals surface area contributed by atoms with Crippen molar-refractivity contribution < 1.29 is 148 Å². The van der Waals surface area contributed by atoms with Crippen molar-refractivity contribution in [3.05, 3.63) is 11.6 Å². The van der Waals surface area contributed by atoms with Crippen molar-refractivity contribution in [1.29, 1.82) is 0 Å². The molecular weight excluding hydrogens is 1220 g/mol. The highest BCUT2D eigenvalue weighted by atomic mass is 16.8. The number of allylic oxidation sites excluding steroid dienone is 2. The molecule has 34 atom stereocenters. The van der Waals surface area contributed by atoms with Gasteiger partial charge in [-0.3, -0.25) is 4.79 Å². The molecule has 0 bridgehead atoms. The van der Waals surface area contributed by atoms with Crippen LogP contribution in [0.2, 0.25) is 0 Å². The second-order valence-corrected chi connectivity index (χ2v) is 30.4. The molecule has 0 unspecified atom stereocenters. The molecule has 11 rings (SSSR count). The van der Waals surface area contributed by atoms with Crippen LogP contribution >= 0.6 is 0 Å². The zero-order valence-electron chi connectivity index (χ0n) is 53.1. The Labute approximate surface area is 532 Å². The molecule has 6 heterocycles. The van der Waals surface area contributed by atoms with Crippen LogP contribution in [0.5, 0.6) is 0 Å². The lowest BCUT2D eigenvalue weighted by molar-refractivity contribution is -0.383. The third-order valence-electron chi connectivity index (χ3n) is 24.4. The number of rotatable bonds is 16. The van der Waals surface area contributed by atoms with E-state index in [0.29, 0.717) is 51.4 Å². The summed E-state index contributed by atoms with van der Waals surface area (Å²) in [5, 5.41) is 186. The molecule has 4 saturated carbocycles. The number of ether oxygens (including phenoxy) is 12. The van der Waals surface area contributed by atoms with Gasteiger partial charge in [-0.1, -0.05) is 53.2 Å². The van der Waals surface area contributed by atoms with Crippen LogP contribution in [0.15, 0.2) is 11.6 Å². The predicted octanol–water partition coefficient (Wildman–Crippen LogP) is -4.86. The third kappa shape index (κ3) is 11.7. The SMILES string of the molecule is C[C@@H]1O[C@@H](O[C@@H]2[C@H](OC(=O)[C@]34CCC(C)(C)C[C@H]3C3=CC[C@@H]5[C@@]6(C)C[C@H](O)[C@H](O[C@@H]7O[C@H](CO)[C@@H](O)[C@H](O)[C@H]7O)[C@@](C)(CO)[C@@H]6CC[C@@]5(C)[C@]3(C)CC4)OC[C@H](O)[C@@H]2O)[C@H](O)[C@@H](O[C@@H]2OC[C@](O)(CO)[C@H]2O)[C@H]1O[C@@H]1OC[C@@H](O)[C@H](O[C@@H]2OC[C@](O)(CO)[C@H]2O)[C@H]1O. The second-order valence-electron chi connectivity index (χ2n) is 30.4. The van der Waals surface area contributed by atoms with Gasteiger partial charge in [0.05, 0.1) is 76.6 Å². The van der Waals surface area contributed by atoms with E-state index < -0.39 is 245 Å². The average Bonchev–Trinajstić information content (AvgIpc) is 0.699. The van der Waals surface area contributed by atoms with E-state index in [1.807, 2.05) is 6.92 Å². The fourth-order valence-electron chi connectivity index (χ4n) is 18.5. The maximum absolute atomic E-state index is 15.6. The highest BCUT2D eigenvalue weighted by molar-refractivity contribution is 5.79. The van der Waals surface area contributed by atoms with E-state index in [1.165, 1.54) is 6.92 Å². The Morgan fingerprint density at radius 1 is 0.543 bits per heavy atom. The summed E-state index contributed by atoms with van der Waals surface area (Å²) in [4.78, 5) is 15.6. The smallest absolute Gasteiger partial charge is 0.315 e. The first-order chi connectivity index (χ1) is 43.1. The molecule has 0 amide bonds.